The minimum Gasteiger partial charge on any atom is -0.380 e. The van der Waals surface area contributed by atoms with Crippen LogP contribution in [0.15, 0.2) is 83.7 Å². The number of nitrogens with zero attached hydrogens (tertiary/aromatic N) is 2. The Kier molecular flexibility index (Phi) is 4.53. The molecule has 4 aromatic rings. The molecule has 3 nitrogen and oxygen atoms in total. The number of fused-ring (bicyclic) bond motifs is 1. The highest BCUT2D eigenvalue weighted by molar-refractivity contribution is 9.10. The smallest absolute Gasteiger partial charge is 0.0529 e. The predicted octanol–water partition coefficient (Wildman–Crippen LogP) is 5.46. The number of anilines is 1. The fourth-order valence-corrected chi connectivity index (χ4v) is 3.54. The Bertz CT molecular complexity index is 992. The van der Waals surface area contributed by atoms with Gasteiger partial charge in [-0.25, -0.2) is 0 Å². The van der Waals surface area contributed by atoms with Crippen LogP contribution in [-0.4, -0.2) is 9.55 Å². The van der Waals surface area contributed by atoms with Crippen molar-refractivity contribution in [1.29, 1.82) is 0 Å². The Balaban J connectivity index is 1.64. The molecule has 0 unspecified atom stereocenters. The topological polar surface area (TPSA) is 29.9 Å². The van der Waals surface area contributed by atoms with E-state index < -0.39 is 0 Å². The number of pyridine rings is 1. The van der Waals surface area contributed by atoms with E-state index in [0.717, 1.165) is 23.2 Å². The number of rotatable bonds is 5. The minimum absolute atomic E-state index is 0.775. The highest BCUT2D eigenvalue weighted by Crippen LogP contribution is 2.24. The normalized spacial score (nSPS) is 10.9. The maximum atomic E-state index is 4.16. The molecule has 0 fully saturated rings. The SMILES string of the molecule is Brc1cccc(Cn2cc(CNc3cccnc3)c3ccccc32)c1. The maximum absolute atomic E-state index is 4.16. The average Bonchev–Trinajstić information content (AvgIpc) is 2.99. The van der Waals surface area contributed by atoms with Gasteiger partial charge in [-0.05, 0) is 41.5 Å². The number of halogens is 1. The van der Waals surface area contributed by atoms with Crippen LogP contribution in [0.25, 0.3) is 10.9 Å². The van der Waals surface area contributed by atoms with Crippen LogP contribution in [-0.2, 0) is 13.1 Å². The summed E-state index contributed by atoms with van der Waals surface area (Å²) in [4.78, 5) is 4.16. The van der Waals surface area contributed by atoms with Gasteiger partial charge in [0.2, 0.25) is 0 Å². The van der Waals surface area contributed by atoms with Crippen molar-refractivity contribution in [1.82, 2.24) is 9.55 Å². The van der Waals surface area contributed by atoms with Gasteiger partial charge in [-0.1, -0.05) is 46.3 Å². The summed E-state index contributed by atoms with van der Waals surface area (Å²) >= 11 is 3.56. The van der Waals surface area contributed by atoms with Gasteiger partial charge >= 0.3 is 0 Å². The standard InChI is InChI=1S/C21H18BrN3/c22-18-6-3-5-16(11-18)14-25-15-17(20-8-1-2-9-21(20)25)12-24-19-7-4-10-23-13-19/h1-11,13,15,24H,12,14H2. The van der Waals surface area contributed by atoms with Crippen LogP contribution in [0.1, 0.15) is 11.1 Å². The molecule has 2 aromatic heterocycles. The van der Waals surface area contributed by atoms with E-state index in [0.29, 0.717) is 0 Å². The molecular weight excluding hydrogens is 374 g/mol. The highest BCUT2D eigenvalue weighted by Gasteiger charge is 2.08. The van der Waals surface area contributed by atoms with Crippen molar-refractivity contribution in [3.63, 3.8) is 0 Å². The number of aromatic nitrogens is 2. The van der Waals surface area contributed by atoms with E-state index in [2.05, 4.69) is 85.5 Å². The first kappa shape index (κ1) is 15.9. The van der Waals surface area contributed by atoms with Crippen LogP contribution in [0.5, 0.6) is 0 Å². The summed E-state index contributed by atoms with van der Waals surface area (Å²) in [5, 5.41) is 4.74. The number of para-hydroxylation sites is 1. The molecule has 0 spiro atoms. The summed E-state index contributed by atoms with van der Waals surface area (Å²) in [6.07, 6.45) is 5.88. The fourth-order valence-electron chi connectivity index (χ4n) is 3.09. The Labute approximate surface area is 155 Å². The Morgan fingerprint density at radius 2 is 1.92 bits per heavy atom. The molecule has 2 heterocycles. The fraction of sp³-hybridized carbons (Fsp3) is 0.0952. The molecule has 0 amide bonds. The molecule has 4 rings (SSSR count). The number of benzene rings is 2. The summed E-state index contributed by atoms with van der Waals surface area (Å²) in [5.74, 6) is 0. The summed E-state index contributed by atoms with van der Waals surface area (Å²) in [7, 11) is 0. The molecule has 0 aliphatic rings. The van der Waals surface area contributed by atoms with Crippen molar-refractivity contribution < 1.29 is 0 Å². The zero-order valence-electron chi connectivity index (χ0n) is 13.7. The third-order valence-corrected chi connectivity index (χ3v) is 4.75. The van der Waals surface area contributed by atoms with Gasteiger partial charge in [0.05, 0.1) is 5.69 Å². The quantitative estimate of drug-likeness (QED) is 0.489. The molecule has 0 aliphatic heterocycles. The van der Waals surface area contributed by atoms with Gasteiger partial charge in [0.15, 0.2) is 0 Å². The molecule has 4 heteroatoms. The second-order valence-electron chi connectivity index (χ2n) is 6.02. The van der Waals surface area contributed by atoms with Crippen molar-refractivity contribution in [2.45, 2.75) is 13.1 Å². The van der Waals surface area contributed by atoms with E-state index in [9.17, 15) is 0 Å². The van der Waals surface area contributed by atoms with Crippen LogP contribution in [0.4, 0.5) is 5.69 Å². The van der Waals surface area contributed by atoms with Gasteiger partial charge in [0.1, 0.15) is 0 Å². The largest absolute Gasteiger partial charge is 0.380 e. The first-order valence-electron chi connectivity index (χ1n) is 8.25. The molecule has 2 aromatic carbocycles. The molecule has 0 radical (unpaired) electrons. The van der Waals surface area contributed by atoms with Crippen molar-refractivity contribution in [3.8, 4) is 0 Å². The zero-order valence-corrected chi connectivity index (χ0v) is 15.3. The van der Waals surface area contributed by atoms with Crippen LogP contribution >= 0.6 is 15.9 Å². The molecule has 0 saturated carbocycles. The zero-order chi connectivity index (χ0) is 17.1. The maximum Gasteiger partial charge on any atom is 0.0529 e. The van der Waals surface area contributed by atoms with Crippen molar-refractivity contribution >= 4 is 32.5 Å². The third-order valence-electron chi connectivity index (χ3n) is 4.26. The summed E-state index contributed by atoms with van der Waals surface area (Å²) in [6, 6.07) is 21.0. The Morgan fingerprint density at radius 3 is 2.76 bits per heavy atom. The molecule has 1 N–H and O–H groups in total. The van der Waals surface area contributed by atoms with E-state index in [1.807, 2.05) is 18.3 Å². The molecule has 124 valence electrons. The first-order valence-corrected chi connectivity index (χ1v) is 9.04. The van der Waals surface area contributed by atoms with E-state index in [4.69, 9.17) is 0 Å². The number of nitrogens with one attached hydrogen (secondary N) is 1. The van der Waals surface area contributed by atoms with E-state index >= 15 is 0 Å². The monoisotopic (exact) mass is 391 g/mol. The molecular formula is C21H18BrN3. The molecule has 0 atom stereocenters. The average molecular weight is 392 g/mol. The summed E-state index contributed by atoms with van der Waals surface area (Å²) < 4.78 is 3.43. The lowest BCUT2D eigenvalue weighted by Gasteiger charge is -2.06. The van der Waals surface area contributed by atoms with Crippen LogP contribution in [0, 0.1) is 0 Å². The Morgan fingerprint density at radius 1 is 1.00 bits per heavy atom. The lowest BCUT2D eigenvalue weighted by molar-refractivity contribution is 0.831. The van der Waals surface area contributed by atoms with Gasteiger partial charge in [0, 0.05) is 47.1 Å². The highest BCUT2D eigenvalue weighted by atomic mass is 79.9. The number of hydrogen-bond acceptors (Lipinski definition) is 2. The lowest BCUT2D eigenvalue weighted by Crippen LogP contribution is -2.00. The molecule has 0 saturated heterocycles. The lowest BCUT2D eigenvalue weighted by atomic mass is 10.2. The van der Waals surface area contributed by atoms with Crippen LogP contribution in [0.3, 0.4) is 0 Å². The first-order chi connectivity index (χ1) is 12.3. The van der Waals surface area contributed by atoms with E-state index in [1.54, 1.807) is 6.20 Å². The third kappa shape index (κ3) is 3.59. The van der Waals surface area contributed by atoms with Gasteiger partial charge < -0.3 is 9.88 Å². The van der Waals surface area contributed by atoms with Crippen LogP contribution in [0.2, 0.25) is 0 Å². The molecule has 0 aliphatic carbocycles. The van der Waals surface area contributed by atoms with Gasteiger partial charge in [-0.2, -0.15) is 0 Å². The van der Waals surface area contributed by atoms with E-state index in [1.165, 1.54) is 22.0 Å². The van der Waals surface area contributed by atoms with E-state index in [-0.39, 0.29) is 0 Å². The summed E-state index contributed by atoms with van der Waals surface area (Å²) in [5.41, 5.74) is 4.85. The molecule has 0 bridgehead atoms. The second-order valence-corrected chi connectivity index (χ2v) is 6.94. The second kappa shape index (κ2) is 7.11. The van der Waals surface area contributed by atoms with Crippen molar-refractivity contribution in [3.05, 3.63) is 94.9 Å². The molecule has 25 heavy (non-hydrogen) atoms. The van der Waals surface area contributed by atoms with Gasteiger partial charge in [-0.15, -0.1) is 0 Å². The predicted molar refractivity (Wildman–Crippen MR) is 107 cm³/mol. The van der Waals surface area contributed by atoms with Gasteiger partial charge in [-0.3, -0.25) is 4.98 Å². The summed E-state index contributed by atoms with van der Waals surface area (Å²) in [6.45, 7) is 1.63. The van der Waals surface area contributed by atoms with Crippen LogP contribution < -0.4 is 5.32 Å². The van der Waals surface area contributed by atoms with Crippen molar-refractivity contribution in [2.24, 2.45) is 0 Å². The van der Waals surface area contributed by atoms with Crippen molar-refractivity contribution in [2.75, 3.05) is 5.32 Å². The minimum atomic E-state index is 0.775. The van der Waals surface area contributed by atoms with Gasteiger partial charge in [0.25, 0.3) is 0 Å². The number of hydrogen-bond donors (Lipinski definition) is 1. The Hall–Kier alpha value is -2.59.